The van der Waals surface area contributed by atoms with Crippen LogP contribution >= 0.6 is 27.5 Å². The van der Waals surface area contributed by atoms with Gasteiger partial charge in [-0.25, -0.2) is 0 Å². The van der Waals surface area contributed by atoms with E-state index in [1.165, 1.54) is 14.2 Å². The number of halogens is 2. The van der Waals surface area contributed by atoms with Crippen molar-refractivity contribution in [3.63, 3.8) is 0 Å². The minimum absolute atomic E-state index is 0.209. The fraction of sp³-hybridized carbons (Fsp3) is 0.250. The van der Waals surface area contributed by atoms with Crippen LogP contribution in [-0.2, 0) is 0 Å². The number of nitrogens with one attached hydrogen (secondary N) is 1. The van der Waals surface area contributed by atoms with E-state index < -0.39 is 0 Å². The largest absolute Gasteiger partial charge is 0.495 e. The summed E-state index contributed by atoms with van der Waals surface area (Å²) in [6, 6.07) is 3.22. The summed E-state index contributed by atoms with van der Waals surface area (Å²) in [5, 5.41) is 2.98. The number of benzene rings is 1. The van der Waals surface area contributed by atoms with Crippen molar-refractivity contribution >= 4 is 33.4 Å². The number of methoxy groups -OCH3 is 2. The second-order valence-corrected chi connectivity index (χ2v) is 4.72. The minimum Gasteiger partial charge on any atom is -0.495 e. The van der Waals surface area contributed by atoms with E-state index in [1.807, 2.05) is 0 Å². The van der Waals surface area contributed by atoms with Crippen molar-refractivity contribution in [2.75, 3.05) is 20.8 Å². The maximum Gasteiger partial charge on any atom is 0.251 e. The Hall–Kier alpha value is -1.20. The van der Waals surface area contributed by atoms with Crippen molar-refractivity contribution in [3.8, 4) is 11.5 Å². The number of hydrogen-bond acceptors (Lipinski definition) is 3. The minimum atomic E-state index is -0.277. The number of hydrogen-bond donors (Lipinski definition) is 1. The fourth-order valence-corrected chi connectivity index (χ4v) is 1.90. The van der Waals surface area contributed by atoms with Crippen LogP contribution in [0.25, 0.3) is 0 Å². The zero-order chi connectivity index (χ0) is 13.7. The third-order valence-corrected chi connectivity index (χ3v) is 3.06. The van der Waals surface area contributed by atoms with Gasteiger partial charge in [-0.05, 0) is 28.1 Å². The van der Waals surface area contributed by atoms with E-state index in [-0.39, 0.29) is 12.5 Å². The molecule has 4 nitrogen and oxygen atoms in total. The SMILES string of the molecule is C=C(Cl)CNC(=O)c1cc(OC)c(Br)c(OC)c1. The molecule has 98 valence electrons. The monoisotopic (exact) mass is 333 g/mol. The molecule has 0 fully saturated rings. The van der Waals surface area contributed by atoms with Crippen LogP contribution in [-0.4, -0.2) is 26.7 Å². The molecule has 0 aliphatic carbocycles. The first-order valence-electron chi connectivity index (χ1n) is 5.02. The van der Waals surface area contributed by atoms with Crippen LogP contribution < -0.4 is 14.8 Å². The highest BCUT2D eigenvalue weighted by Gasteiger charge is 2.14. The number of carbonyl (C=O) groups is 1. The summed E-state index contributed by atoms with van der Waals surface area (Å²) in [6.07, 6.45) is 0. The van der Waals surface area contributed by atoms with Crippen molar-refractivity contribution in [2.45, 2.75) is 0 Å². The Balaban J connectivity index is 3.02. The first kappa shape index (κ1) is 14.9. The standard InChI is InChI=1S/C12H13BrClNO3/c1-7(14)6-15-12(16)8-4-9(17-2)11(13)10(5-8)18-3/h4-5H,1,6H2,2-3H3,(H,15,16). The molecule has 0 unspecified atom stereocenters. The molecule has 0 atom stereocenters. The predicted octanol–water partition coefficient (Wildman–Crippen LogP) is 2.95. The van der Waals surface area contributed by atoms with Gasteiger partial charge < -0.3 is 14.8 Å². The molecule has 1 amide bonds. The van der Waals surface area contributed by atoms with Gasteiger partial charge >= 0.3 is 0 Å². The van der Waals surface area contributed by atoms with Gasteiger partial charge in [0.1, 0.15) is 16.0 Å². The molecule has 1 aromatic rings. The van der Waals surface area contributed by atoms with Crippen molar-refractivity contribution in [3.05, 3.63) is 33.8 Å². The Bertz CT molecular complexity index is 451. The molecule has 1 rings (SSSR count). The molecule has 0 radical (unpaired) electrons. The van der Waals surface area contributed by atoms with Crippen LogP contribution in [0.5, 0.6) is 11.5 Å². The second-order valence-electron chi connectivity index (χ2n) is 3.39. The molecule has 0 aromatic heterocycles. The molecule has 0 spiro atoms. The molecule has 0 aliphatic heterocycles. The quantitative estimate of drug-likeness (QED) is 0.900. The Labute approximate surface area is 119 Å². The van der Waals surface area contributed by atoms with E-state index in [0.717, 1.165) is 0 Å². The molecule has 0 bridgehead atoms. The Kier molecular flexibility index (Phi) is 5.50. The van der Waals surface area contributed by atoms with E-state index in [9.17, 15) is 4.79 Å². The second kappa shape index (κ2) is 6.66. The summed E-state index contributed by atoms with van der Waals surface area (Å²) in [4.78, 5) is 11.9. The first-order chi connectivity index (χ1) is 8.49. The first-order valence-corrected chi connectivity index (χ1v) is 6.19. The van der Waals surface area contributed by atoms with Gasteiger partial charge in [-0.3, -0.25) is 4.79 Å². The van der Waals surface area contributed by atoms with Crippen molar-refractivity contribution < 1.29 is 14.3 Å². The summed E-state index contributed by atoms with van der Waals surface area (Å²) in [5.41, 5.74) is 0.421. The summed E-state index contributed by atoms with van der Waals surface area (Å²) in [6.45, 7) is 3.71. The van der Waals surface area contributed by atoms with Gasteiger partial charge in [0, 0.05) is 10.6 Å². The van der Waals surface area contributed by atoms with Gasteiger partial charge in [-0.2, -0.15) is 0 Å². The lowest BCUT2D eigenvalue weighted by Gasteiger charge is -2.11. The van der Waals surface area contributed by atoms with Gasteiger partial charge in [0.2, 0.25) is 0 Å². The number of carbonyl (C=O) groups excluding carboxylic acids is 1. The predicted molar refractivity (Wildman–Crippen MR) is 74.6 cm³/mol. The molecule has 1 N–H and O–H groups in total. The maximum absolute atomic E-state index is 11.9. The third kappa shape index (κ3) is 3.65. The molecule has 0 saturated heterocycles. The Morgan fingerprint density at radius 1 is 1.39 bits per heavy atom. The zero-order valence-corrected chi connectivity index (χ0v) is 12.4. The van der Waals surface area contributed by atoms with Crippen molar-refractivity contribution in [1.29, 1.82) is 0 Å². The zero-order valence-electron chi connectivity index (χ0n) is 10.0. The van der Waals surface area contributed by atoms with Crippen LogP contribution in [0.15, 0.2) is 28.2 Å². The van der Waals surface area contributed by atoms with E-state index >= 15 is 0 Å². The number of ether oxygens (including phenoxy) is 2. The molecule has 0 heterocycles. The van der Waals surface area contributed by atoms with Gasteiger partial charge in [0.05, 0.1) is 20.8 Å². The van der Waals surface area contributed by atoms with Crippen molar-refractivity contribution in [2.24, 2.45) is 0 Å². The van der Waals surface area contributed by atoms with Crippen LogP contribution in [0.2, 0.25) is 0 Å². The van der Waals surface area contributed by atoms with Crippen molar-refractivity contribution in [1.82, 2.24) is 5.32 Å². The average Bonchev–Trinajstić information content (AvgIpc) is 2.36. The highest BCUT2D eigenvalue weighted by molar-refractivity contribution is 9.10. The summed E-state index contributed by atoms with van der Waals surface area (Å²) in [7, 11) is 3.03. The molecular formula is C12H13BrClNO3. The highest BCUT2D eigenvalue weighted by Crippen LogP contribution is 2.35. The van der Waals surface area contributed by atoms with Crippen LogP contribution in [0.3, 0.4) is 0 Å². The average molecular weight is 335 g/mol. The number of rotatable bonds is 5. The summed E-state index contributed by atoms with van der Waals surface area (Å²) in [5.74, 6) is 0.759. The summed E-state index contributed by atoms with van der Waals surface area (Å²) >= 11 is 8.92. The molecule has 0 saturated carbocycles. The third-order valence-electron chi connectivity index (χ3n) is 2.15. The highest BCUT2D eigenvalue weighted by atomic mass is 79.9. The normalized spacial score (nSPS) is 9.78. The summed E-state index contributed by atoms with van der Waals surface area (Å²) < 4.78 is 11.0. The van der Waals surface area contributed by atoms with Crippen LogP contribution in [0, 0.1) is 0 Å². The molecular weight excluding hydrogens is 321 g/mol. The number of amides is 1. The van der Waals surface area contributed by atoms with E-state index in [4.69, 9.17) is 21.1 Å². The Morgan fingerprint density at radius 2 is 1.89 bits per heavy atom. The lowest BCUT2D eigenvalue weighted by atomic mass is 10.2. The van der Waals surface area contributed by atoms with Gasteiger partial charge in [0.15, 0.2) is 0 Å². The molecule has 1 aromatic carbocycles. The molecule has 0 aliphatic rings. The molecule has 6 heteroatoms. The van der Waals surface area contributed by atoms with Crippen LogP contribution in [0.4, 0.5) is 0 Å². The van der Waals surface area contributed by atoms with E-state index in [1.54, 1.807) is 12.1 Å². The topological polar surface area (TPSA) is 47.6 Å². The van der Waals surface area contributed by atoms with Crippen LogP contribution in [0.1, 0.15) is 10.4 Å². The lowest BCUT2D eigenvalue weighted by Crippen LogP contribution is -2.24. The lowest BCUT2D eigenvalue weighted by molar-refractivity contribution is 0.0957. The van der Waals surface area contributed by atoms with Gasteiger partial charge in [0.25, 0.3) is 5.91 Å². The smallest absolute Gasteiger partial charge is 0.251 e. The molecule has 18 heavy (non-hydrogen) atoms. The van der Waals surface area contributed by atoms with Gasteiger partial charge in [-0.15, -0.1) is 0 Å². The van der Waals surface area contributed by atoms with E-state index in [2.05, 4.69) is 27.8 Å². The Morgan fingerprint density at radius 3 is 2.28 bits per heavy atom. The maximum atomic E-state index is 11.9. The fourth-order valence-electron chi connectivity index (χ4n) is 1.28. The van der Waals surface area contributed by atoms with E-state index in [0.29, 0.717) is 26.6 Å². The van der Waals surface area contributed by atoms with Gasteiger partial charge in [-0.1, -0.05) is 18.2 Å².